The fourth-order valence-electron chi connectivity index (χ4n) is 2.68. The minimum absolute atomic E-state index is 0.147. The normalized spacial score (nSPS) is 10.2. The molecule has 31 heavy (non-hydrogen) atoms. The van der Waals surface area contributed by atoms with Crippen LogP contribution in [0.2, 0.25) is 0 Å². The van der Waals surface area contributed by atoms with E-state index in [4.69, 9.17) is 4.74 Å². The van der Waals surface area contributed by atoms with Crippen molar-refractivity contribution in [2.45, 2.75) is 4.90 Å². The lowest BCUT2D eigenvalue weighted by atomic mass is 10.2. The Kier molecular flexibility index (Phi) is 7.23. The Bertz CT molecular complexity index is 1100. The summed E-state index contributed by atoms with van der Waals surface area (Å²) < 4.78 is 5.21. The summed E-state index contributed by atoms with van der Waals surface area (Å²) in [5.74, 6) is 0.180. The third kappa shape index (κ3) is 6.06. The van der Waals surface area contributed by atoms with Crippen LogP contribution >= 0.6 is 11.8 Å². The predicted octanol–water partition coefficient (Wildman–Crippen LogP) is 4.59. The van der Waals surface area contributed by atoms with Crippen molar-refractivity contribution >= 4 is 40.6 Å². The molecule has 0 aliphatic heterocycles. The molecule has 0 unspecified atom stereocenters. The van der Waals surface area contributed by atoms with Gasteiger partial charge in [-0.25, -0.2) is 0 Å². The number of rotatable bonds is 8. The van der Waals surface area contributed by atoms with E-state index >= 15 is 0 Å². The molecule has 0 fully saturated rings. The second-order valence-electron chi connectivity index (χ2n) is 6.32. The van der Waals surface area contributed by atoms with Crippen LogP contribution in [0.25, 0.3) is 0 Å². The molecule has 2 N–H and O–H groups in total. The monoisotopic (exact) mass is 437 g/mol. The third-order valence-corrected chi connectivity index (χ3v) is 5.19. The smallest absolute Gasteiger partial charge is 0.270 e. The lowest BCUT2D eigenvalue weighted by Gasteiger charge is -2.10. The quantitative estimate of drug-likeness (QED) is 0.303. The molecule has 0 radical (unpaired) electrons. The van der Waals surface area contributed by atoms with Gasteiger partial charge in [0, 0.05) is 28.3 Å². The number of amides is 2. The van der Waals surface area contributed by atoms with Crippen LogP contribution < -0.4 is 15.4 Å². The van der Waals surface area contributed by atoms with Crippen LogP contribution in [0.5, 0.6) is 5.75 Å². The number of non-ortho nitro benzene ring substituents is 1. The summed E-state index contributed by atoms with van der Waals surface area (Å²) >= 11 is 1.35. The molecule has 0 aliphatic carbocycles. The Balaban J connectivity index is 1.54. The molecular formula is C22H19N3O5S. The molecule has 0 bridgehead atoms. The van der Waals surface area contributed by atoms with Crippen LogP contribution in [0.15, 0.2) is 77.7 Å². The number of methoxy groups -OCH3 is 1. The molecule has 3 aromatic carbocycles. The summed E-state index contributed by atoms with van der Waals surface area (Å²) in [6.45, 7) is 0. The lowest BCUT2D eigenvalue weighted by molar-refractivity contribution is -0.384. The first kappa shape index (κ1) is 21.8. The second kappa shape index (κ2) is 10.3. The largest absolute Gasteiger partial charge is 0.495 e. The molecule has 0 spiro atoms. The highest BCUT2D eigenvalue weighted by Crippen LogP contribution is 2.25. The van der Waals surface area contributed by atoms with Crippen LogP contribution in [-0.2, 0) is 4.79 Å². The molecule has 0 heterocycles. The van der Waals surface area contributed by atoms with Crippen molar-refractivity contribution in [3.05, 3.63) is 88.5 Å². The summed E-state index contributed by atoms with van der Waals surface area (Å²) in [6, 6.07) is 19.7. The van der Waals surface area contributed by atoms with Crippen LogP contribution in [0.1, 0.15) is 10.4 Å². The zero-order chi connectivity index (χ0) is 22.2. The van der Waals surface area contributed by atoms with Crippen molar-refractivity contribution in [2.75, 3.05) is 23.5 Å². The fraction of sp³-hybridized carbons (Fsp3) is 0.0909. The van der Waals surface area contributed by atoms with Crippen molar-refractivity contribution < 1.29 is 19.2 Å². The molecule has 0 atom stereocenters. The van der Waals surface area contributed by atoms with Crippen molar-refractivity contribution in [1.29, 1.82) is 0 Å². The number of benzene rings is 3. The second-order valence-corrected chi connectivity index (χ2v) is 7.37. The van der Waals surface area contributed by atoms with Gasteiger partial charge in [0.2, 0.25) is 5.91 Å². The Morgan fingerprint density at radius 3 is 2.45 bits per heavy atom. The molecule has 2 amide bonds. The van der Waals surface area contributed by atoms with E-state index in [1.165, 1.54) is 36.0 Å². The van der Waals surface area contributed by atoms with E-state index < -0.39 is 10.8 Å². The average Bonchev–Trinajstić information content (AvgIpc) is 2.79. The van der Waals surface area contributed by atoms with E-state index in [9.17, 15) is 19.7 Å². The molecule has 158 valence electrons. The number of carbonyl (C=O) groups is 2. The number of nitro groups is 1. The van der Waals surface area contributed by atoms with Gasteiger partial charge in [0.05, 0.1) is 23.5 Å². The van der Waals surface area contributed by atoms with Gasteiger partial charge < -0.3 is 15.4 Å². The topological polar surface area (TPSA) is 111 Å². The first-order valence-corrected chi connectivity index (χ1v) is 10.2. The summed E-state index contributed by atoms with van der Waals surface area (Å²) in [7, 11) is 1.54. The zero-order valence-corrected chi connectivity index (χ0v) is 17.3. The maximum atomic E-state index is 12.3. The van der Waals surface area contributed by atoms with Gasteiger partial charge in [0.15, 0.2) is 0 Å². The molecule has 3 aromatic rings. The van der Waals surface area contributed by atoms with Crippen LogP contribution in [0.4, 0.5) is 17.1 Å². The standard InChI is InChI=1S/C22H19N3O5S/c1-30-20-8-3-2-7-19(20)24-21(26)14-31-18-11-9-16(10-12-18)23-22(27)15-5-4-6-17(13-15)25(28)29/h2-13H,14H2,1H3,(H,23,27)(H,24,26). The van der Waals surface area contributed by atoms with E-state index in [1.54, 1.807) is 43.5 Å². The number of carbonyl (C=O) groups excluding carboxylic acids is 2. The summed E-state index contributed by atoms with van der Waals surface area (Å²) in [5.41, 5.74) is 1.19. The van der Waals surface area contributed by atoms with Gasteiger partial charge in [-0.3, -0.25) is 19.7 Å². The van der Waals surface area contributed by atoms with Crippen LogP contribution in [-0.4, -0.2) is 29.6 Å². The lowest BCUT2D eigenvalue weighted by Crippen LogP contribution is -2.14. The number of hydrogen-bond acceptors (Lipinski definition) is 6. The highest BCUT2D eigenvalue weighted by molar-refractivity contribution is 8.00. The minimum Gasteiger partial charge on any atom is -0.495 e. The first-order chi connectivity index (χ1) is 15.0. The molecule has 0 aromatic heterocycles. The third-order valence-electron chi connectivity index (χ3n) is 4.18. The molecular weight excluding hydrogens is 418 g/mol. The van der Waals surface area contributed by atoms with Gasteiger partial charge >= 0.3 is 0 Å². The number of ether oxygens (including phenoxy) is 1. The highest BCUT2D eigenvalue weighted by atomic mass is 32.2. The molecule has 8 nitrogen and oxygen atoms in total. The van der Waals surface area contributed by atoms with Crippen molar-refractivity contribution in [1.82, 2.24) is 0 Å². The van der Waals surface area contributed by atoms with E-state index in [-0.39, 0.29) is 22.9 Å². The van der Waals surface area contributed by atoms with Gasteiger partial charge in [0.1, 0.15) is 5.75 Å². The van der Waals surface area contributed by atoms with E-state index in [0.717, 1.165) is 4.90 Å². The summed E-state index contributed by atoms with van der Waals surface area (Å²) in [5, 5.41) is 16.4. The number of thioether (sulfide) groups is 1. The number of anilines is 2. The van der Waals surface area contributed by atoms with Gasteiger partial charge in [-0.15, -0.1) is 11.8 Å². The molecule has 0 saturated carbocycles. The number of nitrogens with zero attached hydrogens (tertiary/aromatic N) is 1. The highest BCUT2D eigenvalue weighted by Gasteiger charge is 2.12. The van der Waals surface area contributed by atoms with Crippen molar-refractivity contribution in [2.24, 2.45) is 0 Å². The maximum absolute atomic E-state index is 12.3. The molecule has 3 rings (SSSR count). The van der Waals surface area contributed by atoms with E-state index in [2.05, 4.69) is 10.6 Å². The Morgan fingerprint density at radius 2 is 1.74 bits per heavy atom. The number of nitrogens with one attached hydrogen (secondary N) is 2. The van der Waals surface area contributed by atoms with Crippen LogP contribution in [0.3, 0.4) is 0 Å². The van der Waals surface area contributed by atoms with E-state index in [0.29, 0.717) is 17.1 Å². The number of para-hydroxylation sites is 2. The van der Waals surface area contributed by atoms with Gasteiger partial charge in [-0.1, -0.05) is 18.2 Å². The van der Waals surface area contributed by atoms with Gasteiger partial charge in [-0.2, -0.15) is 0 Å². The fourth-order valence-corrected chi connectivity index (χ4v) is 3.38. The van der Waals surface area contributed by atoms with Crippen LogP contribution in [0, 0.1) is 10.1 Å². The number of hydrogen-bond donors (Lipinski definition) is 2. The van der Waals surface area contributed by atoms with Gasteiger partial charge in [0.25, 0.3) is 11.6 Å². The first-order valence-electron chi connectivity index (χ1n) is 9.18. The Morgan fingerprint density at radius 1 is 1.00 bits per heavy atom. The Labute approximate surface area is 182 Å². The number of nitro benzene ring substituents is 1. The summed E-state index contributed by atoms with van der Waals surface area (Å²) in [4.78, 5) is 35.7. The zero-order valence-electron chi connectivity index (χ0n) is 16.5. The van der Waals surface area contributed by atoms with Crippen molar-refractivity contribution in [3.8, 4) is 5.75 Å². The average molecular weight is 437 g/mol. The molecule has 0 saturated heterocycles. The molecule has 9 heteroatoms. The minimum atomic E-state index is -0.549. The Hall–Kier alpha value is -3.85. The van der Waals surface area contributed by atoms with Crippen molar-refractivity contribution in [3.63, 3.8) is 0 Å². The predicted molar refractivity (Wildman–Crippen MR) is 120 cm³/mol. The maximum Gasteiger partial charge on any atom is 0.270 e. The van der Waals surface area contributed by atoms with E-state index in [1.807, 2.05) is 12.1 Å². The summed E-state index contributed by atoms with van der Waals surface area (Å²) in [6.07, 6.45) is 0. The SMILES string of the molecule is COc1ccccc1NC(=O)CSc1ccc(NC(=O)c2cccc([N+](=O)[O-])c2)cc1. The molecule has 0 aliphatic rings. The van der Waals surface area contributed by atoms with Gasteiger partial charge in [-0.05, 0) is 42.5 Å².